The third-order valence-electron chi connectivity index (χ3n) is 9.28. The number of carbonyl (C=O) groups excluding carboxylic acids is 1. The number of urea groups is 1. The van der Waals surface area contributed by atoms with Crippen LogP contribution in [0, 0.1) is 0 Å². The molecule has 2 aliphatic heterocycles. The average Bonchev–Trinajstić information content (AvgIpc) is 3.09. The molecule has 3 heterocycles. The summed E-state index contributed by atoms with van der Waals surface area (Å²) in [5.41, 5.74) is 6.63. The van der Waals surface area contributed by atoms with E-state index in [-0.39, 0.29) is 11.6 Å². The number of benzene rings is 3. The fourth-order valence-corrected chi connectivity index (χ4v) is 6.77. The number of para-hydroxylation sites is 2. The number of amides is 2. The Balaban J connectivity index is 1.24. The van der Waals surface area contributed by atoms with Crippen molar-refractivity contribution in [3.63, 3.8) is 0 Å². The van der Waals surface area contributed by atoms with E-state index in [1.165, 1.54) is 10.2 Å². The zero-order valence-electron chi connectivity index (χ0n) is 28.1. The molecule has 0 unspecified atom stereocenters. The molecule has 47 heavy (non-hydrogen) atoms. The highest BCUT2D eigenvalue weighted by molar-refractivity contribution is 5.91. The second-order valence-electron chi connectivity index (χ2n) is 13.3. The molecule has 2 amide bonds. The summed E-state index contributed by atoms with van der Waals surface area (Å²) in [5.74, 6) is 0.589. The highest BCUT2D eigenvalue weighted by Crippen LogP contribution is 2.33. The molecule has 1 aromatic heterocycles. The smallest absolute Gasteiger partial charge is 0.321 e. The van der Waals surface area contributed by atoms with E-state index in [0.717, 1.165) is 54.2 Å². The van der Waals surface area contributed by atoms with Gasteiger partial charge in [-0.1, -0.05) is 94.4 Å². The van der Waals surface area contributed by atoms with Crippen molar-refractivity contribution in [3.8, 4) is 5.69 Å². The van der Waals surface area contributed by atoms with Gasteiger partial charge >= 0.3 is 6.03 Å². The summed E-state index contributed by atoms with van der Waals surface area (Å²) in [6.45, 7) is 14.2. The van der Waals surface area contributed by atoms with Gasteiger partial charge in [0.05, 0.1) is 24.2 Å². The molecular formula is C38H47N7O2. The summed E-state index contributed by atoms with van der Waals surface area (Å²) in [6, 6.07) is 26.3. The first-order valence-electron chi connectivity index (χ1n) is 16.9. The van der Waals surface area contributed by atoms with E-state index in [0.29, 0.717) is 50.4 Å². The molecule has 4 aromatic rings. The molecule has 0 aliphatic carbocycles. The molecular weight excluding hydrogens is 586 g/mol. The Kier molecular flexibility index (Phi) is 9.92. The van der Waals surface area contributed by atoms with Crippen molar-refractivity contribution in [2.24, 2.45) is 0 Å². The normalized spacial score (nSPS) is 15.8. The van der Waals surface area contributed by atoms with E-state index in [1.807, 2.05) is 47.5 Å². The van der Waals surface area contributed by atoms with Crippen LogP contribution in [0.2, 0.25) is 0 Å². The van der Waals surface area contributed by atoms with Gasteiger partial charge in [0, 0.05) is 51.5 Å². The van der Waals surface area contributed by atoms with Crippen LogP contribution >= 0.6 is 0 Å². The van der Waals surface area contributed by atoms with Crippen LogP contribution in [-0.4, -0.2) is 71.5 Å². The van der Waals surface area contributed by atoms with Crippen molar-refractivity contribution in [2.45, 2.75) is 52.5 Å². The third kappa shape index (κ3) is 7.20. The largest absolute Gasteiger partial charge is 0.365 e. The van der Waals surface area contributed by atoms with Gasteiger partial charge in [-0.25, -0.2) is 4.79 Å². The van der Waals surface area contributed by atoms with Gasteiger partial charge in [-0.15, -0.1) is 0 Å². The van der Waals surface area contributed by atoms with Crippen LogP contribution in [0.1, 0.15) is 62.6 Å². The minimum absolute atomic E-state index is 0.0786. The van der Waals surface area contributed by atoms with Crippen LogP contribution in [-0.2, 0) is 6.54 Å². The predicted molar refractivity (Wildman–Crippen MR) is 191 cm³/mol. The number of nitrogens with one attached hydrogen (secondary N) is 1. The fraction of sp³-hybridized carbons (Fsp3) is 0.395. The van der Waals surface area contributed by atoms with Crippen LogP contribution in [0.5, 0.6) is 0 Å². The van der Waals surface area contributed by atoms with Gasteiger partial charge in [0.25, 0.3) is 5.56 Å². The Hall–Kier alpha value is -4.63. The summed E-state index contributed by atoms with van der Waals surface area (Å²) in [5, 5.41) is 7.94. The van der Waals surface area contributed by atoms with Crippen LogP contribution in [0.15, 0.2) is 89.9 Å². The van der Waals surface area contributed by atoms with Crippen molar-refractivity contribution in [1.82, 2.24) is 19.6 Å². The van der Waals surface area contributed by atoms with E-state index in [9.17, 15) is 9.59 Å². The van der Waals surface area contributed by atoms with E-state index in [1.54, 1.807) is 0 Å². The van der Waals surface area contributed by atoms with E-state index < -0.39 is 0 Å². The maximum Gasteiger partial charge on any atom is 0.321 e. The standard InChI is InChI=1S/C38H47N7O2/c1-28(2)32-17-11-18-33(29(3)4)35(32)40-38(47)43-23-21-42(22-24-43)34-25-39-45(31-15-9-6-10-16-31)37(46)36(34)44-20-12-19-41(27-44)26-30-13-7-5-8-14-30/h5-11,13-18,25,28-29H,12,19-24,26-27H2,1-4H3,(H,40,47). The van der Waals surface area contributed by atoms with Crippen molar-refractivity contribution in [3.05, 3.63) is 112 Å². The molecule has 246 valence electrons. The first-order chi connectivity index (χ1) is 22.8. The zero-order valence-corrected chi connectivity index (χ0v) is 28.1. The number of hydrogen-bond acceptors (Lipinski definition) is 6. The maximum atomic E-state index is 14.3. The summed E-state index contributed by atoms with van der Waals surface area (Å²) < 4.78 is 1.51. The van der Waals surface area contributed by atoms with Gasteiger partial charge in [0.1, 0.15) is 5.69 Å². The molecule has 9 nitrogen and oxygen atoms in total. The monoisotopic (exact) mass is 633 g/mol. The molecule has 9 heteroatoms. The fourth-order valence-electron chi connectivity index (χ4n) is 6.77. The zero-order chi connectivity index (χ0) is 32.9. The predicted octanol–water partition coefficient (Wildman–Crippen LogP) is 6.50. The van der Waals surface area contributed by atoms with Crippen LogP contribution < -0.4 is 20.7 Å². The summed E-state index contributed by atoms with van der Waals surface area (Å²) in [4.78, 5) is 36.7. The molecule has 6 rings (SSSR count). The van der Waals surface area contributed by atoms with E-state index in [2.05, 4.69) is 95.3 Å². The van der Waals surface area contributed by atoms with Crippen molar-refractivity contribution >= 4 is 23.1 Å². The third-order valence-corrected chi connectivity index (χ3v) is 9.28. The van der Waals surface area contributed by atoms with E-state index in [4.69, 9.17) is 0 Å². The molecule has 0 bridgehead atoms. The Labute approximate surface area is 278 Å². The Morgan fingerprint density at radius 3 is 2.04 bits per heavy atom. The SMILES string of the molecule is CC(C)c1cccc(C(C)C)c1NC(=O)N1CCN(c2cnn(-c3ccccc3)c(=O)c2N2CCCN(Cc3ccccc3)C2)CC1. The molecule has 1 N–H and O–H groups in total. The lowest BCUT2D eigenvalue weighted by molar-refractivity contribution is 0.208. The second kappa shape index (κ2) is 14.4. The number of rotatable bonds is 8. The maximum absolute atomic E-state index is 14.3. The first kappa shape index (κ1) is 32.3. The van der Waals surface area contributed by atoms with Gasteiger partial charge in [-0.05, 0) is 47.1 Å². The highest BCUT2D eigenvalue weighted by Gasteiger charge is 2.30. The number of hydrogen-bond donors (Lipinski definition) is 1. The second-order valence-corrected chi connectivity index (χ2v) is 13.3. The molecule has 2 saturated heterocycles. The van der Waals surface area contributed by atoms with Gasteiger partial charge in [0.2, 0.25) is 0 Å². The summed E-state index contributed by atoms with van der Waals surface area (Å²) in [7, 11) is 0. The Bertz CT molecular complexity index is 1690. The number of anilines is 3. The topological polar surface area (TPSA) is 76.9 Å². The number of piperazine rings is 1. The van der Waals surface area contributed by atoms with Crippen molar-refractivity contribution in [1.29, 1.82) is 0 Å². The lowest BCUT2D eigenvalue weighted by Gasteiger charge is -2.41. The lowest BCUT2D eigenvalue weighted by Crippen LogP contribution is -2.52. The Morgan fingerprint density at radius 2 is 1.40 bits per heavy atom. The minimum atomic E-state index is -0.123. The molecule has 0 saturated carbocycles. The summed E-state index contributed by atoms with van der Waals surface area (Å²) >= 11 is 0. The first-order valence-corrected chi connectivity index (χ1v) is 16.9. The molecule has 2 aliphatic rings. The van der Waals surface area contributed by atoms with Gasteiger partial charge < -0.3 is 20.0 Å². The van der Waals surface area contributed by atoms with Crippen LogP contribution in [0.25, 0.3) is 5.69 Å². The average molecular weight is 634 g/mol. The van der Waals surface area contributed by atoms with Crippen molar-refractivity contribution in [2.75, 3.05) is 61.1 Å². The number of aromatic nitrogens is 2. The molecule has 0 atom stereocenters. The molecule has 0 spiro atoms. The number of nitrogens with zero attached hydrogens (tertiary/aromatic N) is 6. The lowest BCUT2D eigenvalue weighted by atomic mass is 9.93. The van der Waals surface area contributed by atoms with Crippen molar-refractivity contribution < 1.29 is 4.79 Å². The highest BCUT2D eigenvalue weighted by atomic mass is 16.2. The Morgan fingerprint density at radius 1 is 0.766 bits per heavy atom. The number of carbonyl (C=O) groups is 1. The molecule has 3 aromatic carbocycles. The van der Waals surface area contributed by atoms with Gasteiger partial charge in [-0.2, -0.15) is 9.78 Å². The van der Waals surface area contributed by atoms with Crippen LogP contribution in [0.4, 0.5) is 21.9 Å². The summed E-state index contributed by atoms with van der Waals surface area (Å²) in [6.07, 6.45) is 2.80. The van der Waals surface area contributed by atoms with E-state index >= 15 is 0 Å². The quantitative estimate of drug-likeness (QED) is 0.239. The van der Waals surface area contributed by atoms with Gasteiger partial charge in [0.15, 0.2) is 0 Å². The molecule has 0 radical (unpaired) electrons. The molecule has 2 fully saturated rings. The van der Waals surface area contributed by atoms with Crippen LogP contribution in [0.3, 0.4) is 0 Å². The van der Waals surface area contributed by atoms with Gasteiger partial charge in [-0.3, -0.25) is 9.69 Å². The minimum Gasteiger partial charge on any atom is -0.365 e.